The van der Waals surface area contributed by atoms with E-state index in [-0.39, 0.29) is 6.54 Å². The highest BCUT2D eigenvalue weighted by molar-refractivity contribution is 5.77. The van der Waals surface area contributed by atoms with Gasteiger partial charge in [-0.2, -0.15) is 4.98 Å². The van der Waals surface area contributed by atoms with Crippen LogP contribution in [0.15, 0.2) is 59.3 Å². The number of carbonyl (C=O) groups is 1. The molecular formula is C23H22FN3O3. The van der Waals surface area contributed by atoms with Gasteiger partial charge >= 0.3 is 5.97 Å². The van der Waals surface area contributed by atoms with Gasteiger partial charge in [-0.3, -0.25) is 0 Å². The van der Waals surface area contributed by atoms with Crippen LogP contribution in [0, 0.1) is 11.7 Å². The summed E-state index contributed by atoms with van der Waals surface area (Å²) in [5.74, 6) is -0.141. The SMILES string of the molecule is CC(C)Cc1ccc(-c2nc(-c3ccc(CN4C=CC4C(=O)O)c(F)c3)no2)cc1. The normalized spacial score (nSPS) is 15.5. The van der Waals surface area contributed by atoms with Crippen LogP contribution < -0.4 is 0 Å². The maximum Gasteiger partial charge on any atom is 0.330 e. The van der Waals surface area contributed by atoms with E-state index in [1.807, 2.05) is 24.3 Å². The topological polar surface area (TPSA) is 79.5 Å². The van der Waals surface area contributed by atoms with Gasteiger partial charge in [0.2, 0.25) is 5.82 Å². The first-order valence-corrected chi connectivity index (χ1v) is 9.79. The second-order valence-corrected chi connectivity index (χ2v) is 7.82. The van der Waals surface area contributed by atoms with Crippen LogP contribution in [0.25, 0.3) is 22.8 Å². The van der Waals surface area contributed by atoms with Gasteiger partial charge in [-0.1, -0.05) is 43.3 Å². The van der Waals surface area contributed by atoms with Crippen molar-refractivity contribution in [2.75, 3.05) is 0 Å². The van der Waals surface area contributed by atoms with E-state index in [2.05, 4.69) is 24.0 Å². The molecule has 30 heavy (non-hydrogen) atoms. The Hall–Kier alpha value is -3.48. The van der Waals surface area contributed by atoms with Gasteiger partial charge in [-0.15, -0.1) is 0 Å². The van der Waals surface area contributed by atoms with Gasteiger partial charge in [0, 0.05) is 23.2 Å². The Morgan fingerprint density at radius 3 is 2.53 bits per heavy atom. The summed E-state index contributed by atoms with van der Waals surface area (Å²) in [6.45, 7) is 4.53. The number of aromatic nitrogens is 2. The summed E-state index contributed by atoms with van der Waals surface area (Å²) in [5, 5.41) is 13.1. The van der Waals surface area contributed by atoms with E-state index in [1.54, 1.807) is 29.3 Å². The van der Waals surface area contributed by atoms with Crippen molar-refractivity contribution in [3.05, 3.63) is 71.7 Å². The third kappa shape index (κ3) is 4.10. The van der Waals surface area contributed by atoms with Crippen LogP contribution in [0.2, 0.25) is 0 Å². The fraction of sp³-hybridized carbons (Fsp3) is 0.261. The molecular weight excluding hydrogens is 385 g/mol. The number of aliphatic carboxylic acids is 1. The third-order valence-electron chi connectivity index (χ3n) is 5.01. The van der Waals surface area contributed by atoms with E-state index >= 15 is 0 Å². The lowest BCUT2D eigenvalue weighted by Crippen LogP contribution is -2.42. The first-order chi connectivity index (χ1) is 14.4. The highest BCUT2D eigenvalue weighted by atomic mass is 19.1. The van der Waals surface area contributed by atoms with Gasteiger partial charge in [0.15, 0.2) is 0 Å². The van der Waals surface area contributed by atoms with Gasteiger partial charge in [0.25, 0.3) is 5.89 Å². The summed E-state index contributed by atoms with van der Waals surface area (Å²) in [6, 6.07) is 11.9. The lowest BCUT2D eigenvalue weighted by molar-refractivity contribution is -0.141. The Balaban J connectivity index is 1.49. The zero-order valence-corrected chi connectivity index (χ0v) is 16.7. The van der Waals surface area contributed by atoms with E-state index in [0.717, 1.165) is 12.0 Å². The van der Waals surface area contributed by atoms with Crippen molar-refractivity contribution in [2.24, 2.45) is 5.92 Å². The van der Waals surface area contributed by atoms with E-state index in [0.29, 0.717) is 28.8 Å². The Morgan fingerprint density at radius 1 is 1.20 bits per heavy atom. The molecule has 0 saturated heterocycles. The molecule has 1 unspecified atom stereocenters. The maximum absolute atomic E-state index is 14.6. The van der Waals surface area contributed by atoms with E-state index in [4.69, 9.17) is 9.63 Å². The molecule has 0 radical (unpaired) electrons. The lowest BCUT2D eigenvalue weighted by atomic mass is 10.0. The van der Waals surface area contributed by atoms with Crippen LogP contribution in [0.3, 0.4) is 0 Å². The summed E-state index contributed by atoms with van der Waals surface area (Å²) >= 11 is 0. The van der Waals surface area contributed by atoms with E-state index in [9.17, 15) is 9.18 Å². The number of hydrogen-bond donors (Lipinski definition) is 1. The predicted molar refractivity (Wildman–Crippen MR) is 110 cm³/mol. The van der Waals surface area contributed by atoms with Crippen molar-refractivity contribution >= 4 is 5.97 Å². The van der Waals surface area contributed by atoms with Crippen LogP contribution in [0.4, 0.5) is 4.39 Å². The molecule has 1 aromatic heterocycles. The molecule has 2 aromatic carbocycles. The molecule has 6 nitrogen and oxygen atoms in total. The summed E-state index contributed by atoms with van der Waals surface area (Å²) in [5.41, 5.74) is 2.95. The minimum atomic E-state index is -0.953. The molecule has 0 amide bonds. The molecule has 0 aliphatic carbocycles. The van der Waals surface area contributed by atoms with Crippen LogP contribution in [0.5, 0.6) is 0 Å². The second-order valence-electron chi connectivity index (χ2n) is 7.82. The number of benzene rings is 2. The van der Waals surface area contributed by atoms with Crippen molar-refractivity contribution in [1.82, 2.24) is 15.0 Å². The first-order valence-electron chi connectivity index (χ1n) is 9.79. The van der Waals surface area contributed by atoms with E-state index in [1.165, 1.54) is 11.6 Å². The highest BCUT2D eigenvalue weighted by Gasteiger charge is 2.27. The zero-order chi connectivity index (χ0) is 21.3. The summed E-state index contributed by atoms with van der Waals surface area (Å²) in [4.78, 5) is 17.0. The molecule has 4 rings (SSSR count). The Morgan fingerprint density at radius 2 is 1.93 bits per heavy atom. The van der Waals surface area contributed by atoms with Crippen LogP contribution in [0.1, 0.15) is 25.0 Å². The standard InChI is InChI=1S/C23H22FN3O3/c1-14(2)11-15-3-5-16(6-4-15)22-25-21(26-30-22)17-7-8-18(19(24)12-17)13-27-10-9-20(27)23(28)29/h3-10,12,14,20H,11,13H2,1-2H3,(H,28,29). The number of nitrogens with zero attached hydrogens (tertiary/aromatic N) is 3. The van der Waals surface area contributed by atoms with E-state index < -0.39 is 17.8 Å². The zero-order valence-electron chi connectivity index (χ0n) is 16.7. The Kier molecular flexibility index (Phi) is 5.35. The molecule has 7 heteroatoms. The van der Waals surface area contributed by atoms with Gasteiger partial charge in [0.1, 0.15) is 11.9 Å². The number of halogens is 1. The minimum absolute atomic E-state index is 0.180. The van der Waals surface area contributed by atoms with Gasteiger partial charge in [-0.05, 0) is 48.4 Å². The second kappa shape index (κ2) is 8.10. The quantitative estimate of drug-likeness (QED) is 0.620. The monoisotopic (exact) mass is 407 g/mol. The highest BCUT2D eigenvalue weighted by Crippen LogP contribution is 2.26. The average molecular weight is 407 g/mol. The Bertz CT molecular complexity index is 1090. The molecule has 1 aliphatic rings. The summed E-state index contributed by atoms with van der Waals surface area (Å²) in [7, 11) is 0. The molecule has 1 atom stereocenters. The molecule has 1 N–H and O–H groups in total. The van der Waals surface area contributed by atoms with Crippen molar-refractivity contribution in [3.8, 4) is 22.8 Å². The number of hydrogen-bond acceptors (Lipinski definition) is 5. The molecule has 0 spiro atoms. The first kappa shape index (κ1) is 19.8. The van der Waals surface area contributed by atoms with Crippen molar-refractivity contribution in [2.45, 2.75) is 32.9 Å². The molecule has 0 saturated carbocycles. The van der Waals surface area contributed by atoms with Gasteiger partial charge in [0.05, 0.1) is 0 Å². The largest absolute Gasteiger partial charge is 0.479 e. The number of carboxylic acid groups (broad SMARTS) is 1. The fourth-order valence-corrected chi connectivity index (χ4v) is 3.39. The van der Waals surface area contributed by atoms with Crippen LogP contribution in [-0.4, -0.2) is 32.2 Å². The molecule has 3 aromatic rings. The van der Waals surface area contributed by atoms with Gasteiger partial charge in [-0.25, -0.2) is 9.18 Å². The summed E-state index contributed by atoms with van der Waals surface area (Å²) < 4.78 is 19.9. The van der Waals surface area contributed by atoms with Crippen molar-refractivity contribution < 1.29 is 18.8 Å². The van der Waals surface area contributed by atoms with Crippen molar-refractivity contribution in [1.29, 1.82) is 0 Å². The van der Waals surface area contributed by atoms with Crippen LogP contribution in [-0.2, 0) is 17.8 Å². The molecule has 154 valence electrons. The fourth-order valence-electron chi connectivity index (χ4n) is 3.39. The van der Waals surface area contributed by atoms with Crippen molar-refractivity contribution in [3.63, 3.8) is 0 Å². The predicted octanol–water partition coefficient (Wildman–Crippen LogP) is 4.52. The number of carboxylic acids is 1. The number of rotatable bonds is 7. The maximum atomic E-state index is 14.6. The average Bonchev–Trinajstić information content (AvgIpc) is 3.16. The molecule has 1 aliphatic heterocycles. The Labute approximate surface area is 173 Å². The smallest absolute Gasteiger partial charge is 0.330 e. The third-order valence-corrected chi connectivity index (χ3v) is 5.01. The summed E-state index contributed by atoms with van der Waals surface area (Å²) in [6.07, 6.45) is 4.20. The minimum Gasteiger partial charge on any atom is -0.479 e. The lowest BCUT2D eigenvalue weighted by Gasteiger charge is -2.32. The molecule has 0 fully saturated rings. The van der Waals surface area contributed by atoms with Gasteiger partial charge < -0.3 is 14.5 Å². The van der Waals surface area contributed by atoms with Crippen LogP contribution >= 0.6 is 0 Å². The molecule has 2 heterocycles. The molecule has 0 bridgehead atoms.